The van der Waals surface area contributed by atoms with Crippen molar-refractivity contribution in [3.63, 3.8) is 0 Å². The number of anilines is 2. The van der Waals surface area contributed by atoms with Crippen LogP contribution in [0.5, 0.6) is 11.5 Å². The van der Waals surface area contributed by atoms with Crippen LogP contribution < -0.4 is 19.3 Å². The van der Waals surface area contributed by atoms with E-state index in [9.17, 15) is 19.2 Å². The second kappa shape index (κ2) is 11.7. The van der Waals surface area contributed by atoms with Crippen molar-refractivity contribution in [3.8, 4) is 11.5 Å². The van der Waals surface area contributed by atoms with Crippen molar-refractivity contribution in [1.29, 1.82) is 0 Å². The number of ether oxygens (including phenoxy) is 2. The lowest BCUT2D eigenvalue weighted by molar-refractivity contribution is -0.121. The fourth-order valence-corrected chi connectivity index (χ4v) is 4.82. The van der Waals surface area contributed by atoms with Crippen molar-refractivity contribution in [2.45, 2.75) is 5.92 Å². The smallest absolute Gasteiger partial charge is 0.258 e. The first-order valence-electron chi connectivity index (χ1n) is 12.9. The third-order valence-electron chi connectivity index (χ3n) is 6.58. The molecule has 0 aromatic heterocycles. The molecule has 0 atom stereocenters. The fraction of sp³-hybridized carbons (Fsp3) is 0.0909. The highest BCUT2D eigenvalue weighted by molar-refractivity contribution is 6.29. The lowest BCUT2D eigenvalue weighted by Crippen LogP contribution is -2.30. The van der Waals surface area contributed by atoms with Gasteiger partial charge in [0.2, 0.25) is 0 Å². The summed E-state index contributed by atoms with van der Waals surface area (Å²) in [7, 11) is 0. The molecule has 0 saturated heterocycles. The second-order valence-electron chi connectivity index (χ2n) is 9.19. The molecule has 0 N–H and O–H groups in total. The Morgan fingerprint density at radius 3 is 1.39 bits per heavy atom. The van der Waals surface area contributed by atoms with Crippen LogP contribution in [-0.4, -0.2) is 36.8 Å². The molecule has 0 bridgehead atoms. The molecule has 0 aliphatic carbocycles. The lowest BCUT2D eigenvalue weighted by atomic mass is 9.84. The first kappa shape index (κ1) is 27.1. The quantitative estimate of drug-likeness (QED) is 0.194. The van der Waals surface area contributed by atoms with Crippen LogP contribution in [0.15, 0.2) is 116 Å². The molecule has 0 spiro atoms. The molecule has 3 aromatic carbocycles. The molecule has 0 fully saturated rings. The van der Waals surface area contributed by atoms with E-state index in [-0.39, 0.29) is 19.1 Å². The van der Waals surface area contributed by atoms with Gasteiger partial charge in [-0.25, -0.2) is 9.80 Å². The maximum Gasteiger partial charge on any atom is 0.258 e. The van der Waals surface area contributed by atoms with Gasteiger partial charge in [-0.1, -0.05) is 67.8 Å². The number of imide groups is 2. The van der Waals surface area contributed by atoms with Gasteiger partial charge in [-0.2, -0.15) is 0 Å². The van der Waals surface area contributed by atoms with Crippen molar-refractivity contribution in [2.75, 3.05) is 23.0 Å². The Hall–Kier alpha value is -5.50. The van der Waals surface area contributed by atoms with E-state index in [1.165, 1.54) is 24.3 Å². The van der Waals surface area contributed by atoms with Crippen LogP contribution in [0.2, 0.25) is 0 Å². The van der Waals surface area contributed by atoms with E-state index in [0.717, 1.165) is 26.5 Å². The van der Waals surface area contributed by atoms with Gasteiger partial charge in [0, 0.05) is 30.2 Å². The predicted molar refractivity (Wildman–Crippen MR) is 155 cm³/mol. The molecular formula is C33H26N2O6. The number of rotatable bonds is 11. The van der Waals surface area contributed by atoms with Crippen LogP contribution in [0, 0.1) is 0 Å². The summed E-state index contributed by atoms with van der Waals surface area (Å²) < 4.78 is 11.9. The van der Waals surface area contributed by atoms with Crippen LogP contribution in [0.25, 0.3) is 0 Å². The fourth-order valence-electron chi connectivity index (χ4n) is 4.82. The van der Waals surface area contributed by atoms with E-state index < -0.39 is 23.6 Å². The van der Waals surface area contributed by atoms with Crippen molar-refractivity contribution in [1.82, 2.24) is 0 Å². The van der Waals surface area contributed by atoms with E-state index >= 15 is 0 Å². The molecule has 4 amide bonds. The van der Waals surface area contributed by atoms with Gasteiger partial charge in [-0.05, 0) is 41.0 Å². The monoisotopic (exact) mass is 546 g/mol. The summed E-state index contributed by atoms with van der Waals surface area (Å²) in [6.45, 7) is 7.74. The summed E-state index contributed by atoms with van der Waals surface area (Å²) in [6, 6.07) is 20.4. The Morgan fingerprint density at radius 1 is 0.585 bits per heavy atom. The van der Waals surface area contributed by atoms with Gasteiger partial charge >= 0.3 is 0 Å². The van der Waals surface area contributed by atoms with Crippen molar-refractivity contribution in [3.05, 3.63) is 133 Å². The maximum atomic E-state index is 12.4. The van der Waals surface area contributed by atoms with E-state index in [1.54, 1.807) is 36.4 Å². The zero-order chi connectivity index (χ0) is 28.9. The zero-order valence-electron chi connectivity index (χ0n) is 22.1. The van der Waals surface area contributed by atoms with E-state index in [1.807, 2.05) is 42.5 Å². The number of benzene rings is 3. The molecular weight excluding hydrogens is 520 g/mol. The molecule has 204 valence electrons. The van der Waals surface area contributed by atoms with Crippen molar-refractivity contribution < 1.29 is 28.7 Å². The second-order valence-corrected chi connectivity index (χ2v) is 9.19. The Balaban J connectivity index is 1.64. The molecule has 0 unspecified atom stereocenters. The third kappa shape index (κ3) is 5.35. The molecule has 2 heterocycles. The number of amides is 4. The Labute approximate surface area is 237 Å². The molecule has 5 rings (SSSR count). The molecule has 8 nitrogen and oxygen atoms in total. The molecule has 2 aliphatic rings. The van der Waals surface area contributed by atoms with Crippen molar-refractivity contribution >= 4 is 35.0 Å². The number of carbonyl (C=O) groups is 4. The Morgan fingerprint density at radius 2 is 1.00 bits per heavy atom. The van der Waals surface area contributed by atoms with E-state index in [0.29, 0.717) is 22.9 Å². The van der Waals surface area contributed by atoms with Crippen LogP contribution >= 0.6 is 0 Å². The average Bonchev–Trinajstić information content (AvgIpc) is 3.50. The summed E-state index contributed by atoms with van der Waals surface area (Å²) in [5.74, 6) is -1.48. The molecule has 8 heteroatoms. The Bertz CT molecular complexity index is 1480. The first-order chi connectivity index (χ1) is 19.9. The molecule has 0 saturated carbocycles. The lowest BCUT2D eigenvalue weighted by Gasteiger charge is -2.25. The van der Waals surface area contributed by atoms with Gasteiger partial charge in [-0.15, -0.1) is 0 Å². The molecule has 0 radical (unpaired) electrons. The average molecular weight is 547 g/mol. The van der Waals surface area contributed by atoms with Gasteiger partial charge in [0.1, 0.15) is 24.7 Å². The molecule has 2 aliphatic heterocycles. The largest absolute Gasteiger partial charge is 0.487 e. The summed E-state index contributed by atoms with van der Waals surface area (Å²) >= 11 is 0. The number of carbonyl (C=O) groups excluding carboxylic acids is 4. The van der Waals surface area contributed by atoms with Crippen molar-refractivity contribution in [2.24, 2.45) is 0 Å². The van der Waals surface area contributed by atoms with Crippen LogP contribution in [-0.2, 0) is 19.2 Å². The molecule has 41 heavy (non-hydrogen) atoms. The summed E-state index contributed by atoms with van der Waals surface area (Å²) in [4.78, 5) is 51.9. The highest BCUT2D eigenvalue weighted by atomic mass is 16.5. The van der Waals surface area contributed by atoms with Crippen LogP contribution in [0.4, 0.5) is 11.4 Å². The van der Waals surface area contributed by atoms with E-state index in [4.69, 9.17) is 9.47 Å². The highest BCUT2D eigenvalue weighted by Crippen LogP contribution is 2.41. The maximum absolute atomic E-state index is 12.4. The number of hydrogen-bond acceptors (Lipinski definition) is 6. The first-order valence-corrected chi connectivity index (χ1v) is 12.9. The highest BCUT2D eigenvalue weighted by Gasteiger charge is 2.31. The van der Waals surface area contributed by atoms with E-state index in [2.05, 4.69) is 13.2 Å². The number of hydrogen-bond donors (Lipinski definition) is 0. The minimum Gasteiger partial charge on any atom is -0.487 e. The molecule has 3 aromatic rings. The Kier molecular flexibility index (Phi) is 7.74. The topological polar surface area (TPSA) is 93.2 Å². The predicted octanol–water partition coefficient (Wildman–Crippen LogP) is 4.86. The minimum atomic E-state index is -0.453. The minimum absolute atomic E-state index is 0.163. The summed E-state index contributed by atoms with van der Waals surface area (Å²) in [6.07, 6.45) is 8.04. The van der Waals surface area contributed by atoms with Gasteiger partial charge < -0.3 is 9.47 Å². The van der Waals surface area contributed by atoms with Gasteiger partial charge in [0.05, 0.1) is 11.4 Å². The third-order valence-corrected chi connectivity index (χ3v) is 6.58. The van der Waals surface area contributed by atoms with Gasteiger partial charge in [0.25, 0.3) is 23.6 Å². The summed E-state index contributed by atoms with van der Waals surface area (Å²) in [5.41, 5.74) is 3.21. The van der Waals surface area contributed by atoms with Crippen LogP contribution in [0.1, 0.15) is 22.6 Å². The van der Waals surface area contributed by atoms with Gasteiger partial charge in [-0.3, -0.25) is 19.2 Å². The van der Waals surface area contributed by atoms with Crippen LogP contribution in [0.3, 0.4) is 0 Å². The number of nitrogens with zero attached hydrogens (tertiary/aromatic N) is 2. The summed E-state index contributed by atoms with van der Waals surface area (Å²) in [5, 5.41) is 0. The van der Waals surface area contributed by atoms with Gasteiger partial charge in [0.15, 0.2) is 0 Å². The SMILES string of the molecule is C=CCOc1cc(C(c2ccccc2)c2ccc(N3C(=O)C=CC3=O)c(OCC=C)c2)ccc1N1C(=O)C=CC1=O. The normalized spacial score (nSPS) is 14.4. The standard InChI is InChI=1S/C33H26N2O6/c1-3-18-40-27-20-23(10-12-25(27)34-29(36)14-15-30(34)37)33(22-8-6-5-7-9-22)24-11-13-26(28(21-24)41-19-4-2)35-31(38)16-17-32(35)39/h3-17,20-21,33H,1-2,18-19H2. The zero-order valence-corrected chi connectivity index (χ0v) is 22.1.